The molecule has 0 spiro atoms. The van der Waals surface area contributed by atoms with Gasteiger partial charge in [-0.3, -0.25) is 9.48 Å². The minimum atomic E-state index is -0.933. The SMILES string of the molecule is CC(=O)N1CCN(c2ccc(OCc3nn(C)c4c3-c3cccc5c(CCCOc6cccc7ccccc67)c(C(=O)O)n(c35)CCCCOC4)cc2)CC1. The molecule has 6 aromatic rings. The van der Waals surface area contributed by atoms with Crippen LogP contribution in [-0.4, -0.2) is 75.6 Å². The Hall–Kier alpha value is -5.81. The number of carbonyl (C=O) groups is 2. The van der Waals surface area contributed by atoms with E-state index in [1.54, 1.807) is 6.92 Å². The number of hydrogen-bond donors (Lipinski definition) is 1. The van der Waals surface area contributed by atoms with Crippen molar-refractivity contribution in [1.82, 2.24) is 19.2 Å². The van der Waals surface area contributed by atoms with E-state index < -0.39 is 5.97 Å². The number of carbonyl (C=O) groups excluding carboxylic acids is 1. The fourth-order valence-corrected chi connectivity index (χ4v) is 8.18. The van der Waals surface area contributed by atoms with Crippen molar-refractivity contribution in [1.29, 1.82) is 0 Å². The predicted octanol–water partition coefficient (Wildman–Crippen LogP) is 7.46. The maximum Gasteiger partial charge on any atom is 0.352 e. The maximum absolute atomic E-state index is 13.1. The molecule has 8 rings (SSSR count). The highest BCUT2D eigenvalue weighted by Crippen LogP contribution is 2.39. The molecule has 0 radical (unpaired) electrons. The number of benzene rings is 4. The summed E-state index contributed by atoms with van der Waals surface area (Å²) < 4.78 is 22.7. The van der Waals surface area contributed by atoms with Crippen LogP contribution in [-0.2, 0) is 42.8 Å². The average molecular weight is 742 g/mol. The number of aromatic carboxylic acids is 1. The number of aryl methyl sites for hydroxylation is 3. The van der Waals surface area contributed by atoms with Gasteiger partial charge < -0.3 is 33.7 Å². The number of aromatic nitrogens is 3. The van der Waals surface area contributed by atoms with Crippen LogP contribution in [0.3, 0.4) is 0 Å². The Labute approximate surface area is 320 Å². The summed E-state index contributed by atoms with van der Waals surface area (Å²) in [6, 6.07) is 28.4. The highest BCUT2D eigenvalue weighted by molar-refractivity contribution is 6.04. The Morgan fingerprint density at radius 2 is 1.62 bits per heavy atom. The zero-order chi connectivity index (χ0) is 37.9. The molecule has 2 aromatic heterocycles. The fraction of sp³-hybridized carbons (Fsp3) is 0.341. The second-order valence-corrected chi connectivity index (χ2v) is 14.3. The zero-order valence-electron chi connectivity index (χ0n) is 31.5. The molecule has 0 aliphatic carbocycles. The summed E-state index contributed by atoms with van der Waals surface area (Å²) >= 11 is 0. The van der Waals surface area contributed by atoms with Gasteiger partial charge in [0.1, 0.15) is 29.5 Å². The maximum atomic E-state index is 13.1. The molecule has 1 N–H and O–H groups in total. The number of rotatable bonds is 10. The third kappa shape index (κ3) is 7.36. The molecule has 2 aliphatic rings. The summed E-state index contributed by atoms with van der Waals surface area (Å²) in [5.41, 5.74) is 6.66. The van der Waals surface area contributed by atoms with E-state index in [0.717, 1.165) is 92.9 Å². The van der Waals surface area contributed by atoms with Gasteiger partial charge in [0.05, 0.1) is 24.4 Å². The average Bonchev–Trinajstić information content (AvgIpc) is 3.69. The van der Waals surface area contributed by atoms with E-state index in [9.17, 15) is 14.7 Å². The van der Waals surface area contributed by atoms with Gasteiger partial charge in [0.25, 0.3) is 0 Å². The number of hydrogen-bond acceptors (Lipinski definition) is 7. The van der Waals surface area contributed by atoms with Gasteiger partial charge in [0, 0.05) is 80.9 Å². The second-order valence-electron chi connectivity index (χ2n) is 14.3. The van der Waals surface area contributed by atoms with Crippen LogP contribution in [0.15, 0.2) is 84.9 Å². The molecule has 11 nitrogen and oxygen atoms in total. The first kappa shape index (κ1) is 36.2. The van der Waals surface area contributed by atoms with Crippen LogP contribution in [0.2, 0.25) is 0 Å². The Kier molecular flexibility index (Phi) is 10.5. The van der Waals surface area contributed by atoms with E-state index in [1.165, 1.54) is 0 Å². The van der Waals surface area contributed by atoms with E-state index in [-0.39, 0.29) is 12.5 Å². The lowest BCUT2D eigenvalue weighted by Gasteiger charge is -2.35. The normalized spacial score (nSPS) is 14.8. The van der Waals surface area contributed by atoms with Gasteiger partial charge in [-0.1, -0.05) is 54.6 Å². The molecule has 11 heteroatoms. The largest absolute Gasteiger partial charge is 0.493 e. The number of piperazine rings is 1. The summed E-state index contributed by atoms with van der Waals surface area (Å²) in [6.07, 6.45) is 2.81. The number of para-hydroxylation sites is 1. The molecule has 1 fully saturated rings. The minimum Gasteiger partial charge on any atom is -0.493 e. The predicted molar refractivity (Wildman–Crippen MR) is 213 cm³/mol. The lowest BCUT2D eigenvalue weighted by Crippen LogP contribution is -2.48. The van der Waals surface area contributed by atoms with Crippen molar-refractivity contribution in [2.45, 2.75) is 52.4 Å². The first-order valence-corrected chi connectivity index (χ1v) is 19.2. The summed E-state index contributed by atoms with van der Waals surface area (Å²) in [4.78, 5) is 29.1. The number of ether oxygens (including phenoxy) is 3. The summed E-state index contributed by atoms with van der Waals surface area (Å²) in [5.74, 6) is 0.737. The minimum absolute atomic E-state index is 0.116. The van der Waals surface area contributed by atoms with Gasteiger partial charge in [0.2, 0.25) is 5.91 Å². The molecular formula is C44H47N5O6. The fourth-order valence-electron chi connectivity index (χ4n) is 8.18. The highest BCUT2D eigenvalue weighted by Gasteiger charge is 2.28. The number of carboxylic acids is 1. The van der Waals surface area contributed by atoms with Crippen molar-refractivity contribution < 1.29 is 28.9 Å². The summed E-state index contributed by atoms with van der Waals surface area (Å²) in [7, 11) is 1.93. The van der Waals surface area contributed by atoms with Crippen molar-refractivity contribution in [2.75, 3.05) is 44.3 Å². The van der Waals surface area contributed by atoms with Crippen LogP contribution >= 0.6 is 0 Å². The van der Waals surface area contributed by atoms with Crippen LogP contribution in [0.25, 0.3) is 32.8 Å². The monoisotopic (exact) mass is 741 g/mol. The lowest BCUT2D eigenvalue weighted by atomic mass is 9.98. The van der Waals surface area contributed by atoms with Crippen molar-refractivity contribution in [2.24, 2.45) is 7.05 Å². The molecule has 0 unspecified atom stereocenters. The van der Waals surface area contributed by atoms with Gasteiger partial charge in [-0.05, 0) is 67.0 Å². The topological polar surface area (TPSA) is 111 Å². The smallest absolute Gasteiger partial charge is 0.352 e. The van der Waals surface area contributed by atoms with Crippen molar-refractivity contribution in [3.8, 4) is 22.6 Å². The van der Waals surface area contributed by atoms with E-state index in [1.807, 2.05) is 69.7 Å². The van der Waals surface area contributed by atoms with E-state index in [4.69, 9.17) is 19.3 Å². The van der Waals surface area contributed by atoms with Crippen LogP contribution in [0.1, 0.15) is 53.6 Å². The second kappa shape index (κ2) is 15.9. The third-order valence-corrected chi connectivity index (χ3v) is 10.9. The highest BCUT2D eigenvalue weighted by atomic mass is 16.5. The van der Waals surface area contributed by atoms with Gasteiger partial charge in [-0.25, -0.2) is 4.79 Å². The molecular weight excluding hydrogens is 695 g/mol. The molecule has 0 atom stereocenters. The van der Waals surface area contributed by atoms with Gasteiger partial charge in [-0.2, -0.15) is 5.10 Å². The lowest BCUT2D eigenvalue weighted by molar-refractivity contribution is -0.129. The molecule has 4 aromatic carbocycles. The molecule has 2 aliphatic heterocycles. The number of nitrogens with zero attached hydrogens (tertiary/aromatic N) is 5. The van der Waals surface area contributed by atoms with E-state index in [2.05, 4.69) is 41.3 Å². The number of amides is 1. The molecule has 55 heavy (non-hydrogen) atoms. The first-order chi connectivity index (χ1) is 26.9. The van der Waals surface area contributed by atoms with Crippen molar-refractivity contribution in [3.05, 3.63) is 108 Å². The Balaban J connectivity index is 1.09. The number of carboxylic acid groups (broad SMARTS) is 1. The molecule has 4 heterocycles. The molecule has 0 saturated carbocycles. The molecule has 284 valence electrons. The molecule has 1 amide bonds. The quantitative estimate of drug-likeness (QED) is 0.144. The van der Waals surface area contributed by atoms with Crippen LogP contribution in [0.4, 0.5) is 5.69 Å². The van der Waals surface area contributed by atoms with Gasteiger partial charge in [-0.15, -0.1) is 0 Å². The van der Waals surface area contributed by atoms with Crippen molar-refractivity contribution >= 4 is 39.2 Å². The standard InChI is InChI=1S/C44H47N5O6/c1-30(50)47-22-24-48(25-23-47)32-17-19-33(20-18-32)55-28-38-41-37-14-8-13-35-36(15-9-27-54-40-16-7-11-31-10-3-4-12-34(31)40)43(44(51)52)49(42(35)37)21-5-6-26-53-29-39(41)46(2)45-38/h3-4,7-8,10-14,16-20H,5-6,9,15,21-29H2,1-2H3,(H,51,52). The zero-order valence-corrected chi connectivity index (χ0v) is 31.5. The Morgan fingerprint density at radius 1 is 0.855 bits per heavy atom. The summed E-state index contributed by atoms with van der Waals surface area (Å²) in [5, 5.41) is 18.8. The Bertz CT molecular complexity index is 2330. The Morgan fingerprint density at radius 3 is 2.42 bits per heavy atom. The number of anilines is 1. The van der Waals surface area contributed by atoms with E-state index in [0.29, 0.717) is 58.0 Å². The van der Waals surface area contributed by atoms with Gasteiger partial charge >= 0.3 is 5.97 Å². The van der Waals surface area contributed by atoms with Crippen LogP contribution in [0.5, 0.6) is 11.5 Å². The van der Waals surface area contributed by atoms with Crippen LogP contribution < -0.4 is 14.4 Å². The van der Waals surface area contributed by atoms with Gasteiger partial charge in [0.15, 0.2) is 0 Å². The third-order valence-electron chi connectivity index (χ3n) is 10.9. The molecule has 0 bridgehead atoms. The first-order valence-electron chi connectivity index (χ1n) is 19.2. The van der Waals surface area contributed by atoms with Crippen LogP contribution in [0, 0.1) is 0 Å². The summed E-state index contributed by atoms with van der Waals surface area (Å²) in [6.45, 7) is 6.82. The van der Waals surface area contributed by atoms with Crippen molar-refractivity contribution in [3.63, 3.8) is 0 Å². The number of fused-ring (bicyclic) bond motifs is 3. The van der Waals surface area contributed by atoms with E-state index >= 15 is 0 Å². The molecule has 1 saturated heterocycles.